The number of sulfonamides is 1. The maximum absolute atomic E-state index is 11.6. The van der Waals surface area contributed by atoms with Crippen molar-refractivity contribution in [1.82, 2.24) is 10.0 Å². The highest BCUT2D eigenvalue weighted by Gasteiger charge is 2.24. The first-order valence-corrected chi connectivity index (χ1v) is 7.10. The molecule has 2 atom stereocenters. The Balaban J connectivity index is 4.60. The summed E-state index contributed by atoms with van der Waals surface area (Å²) in [4.78, 5) is 22.3. The number of aliphatic carboxylic acids is 1. The van der Waals surface area contributed by atoms with Crippen molar-refractivity contribution in [1.29, 1.82) is 0 Å². The van der Waals surface area contributed by atoms with Crippen molar-refractivity contribution in [3.05, 3.63) is 0 Å². The molecule has 0 rings (SSSR count). The van der Waals surface area contributed by atoms with Crippen LogP contribution in [0.3, 0.4) is 0 Å². The van der Waals surface area contributed by atoms with Crippen LogP contribution < -0.4 is 10.0 Å². The van der Waals surface area contributed by atoms with Crippen LogP contribution in [0.1, 0.15) is 26.7 Å². The number of carboxylic acids is 1. The monoisotopic (exact) mass is 266 g/mol. The van der Waals surface area contributed by atoms with E-state index in [2.05, 4.69) is 10.0 Å². The highest BCUT2D eigenvalue weighted by atomic mass is 32.2. The fourth-order valence-electron chi connectivity index (χ4n) is 1.19. The minimum atomic E-state index is -3.50. The largest absolute Gasteiger partial charge is 0.480 e. The molecule has 100 valence electrons. The average molecular weight is 266 g/mol. The second kappa shape index (κ2) is 6.55. The molecule has 0 radical (unpaired) electrons. The molecular formula is C9H18N2O5S. The Kier molecular flexibility index (Phi) is 6.11. The van der Waals surface area contributed by atoms with Gasteiger partial charge in [0.15, 0.2) is 0 Å². The Hall–Kier alpha value is -1.15. The van der Waals surface area contributed by atoms with Crippen molar-refractivity contribution in [3.8, 4) is 0 Å². The molecule has 0 aromatic heterocycles. The molecule has 0 aliphatic rings. The molecule has 17 heavy (non-hydrogen) atoms. The van der Waals surface area contributed by atoms with Crippen molar-refractivity contribution in [2.24, 2.45) is 0 Å². The first kappa shape index (κ1) is 15.9. The van der Waals surface area contributed by atoms with Crippen LogP contribution in [0.2, 0.25) is 0 Å². The van der Waals surface area contributed by atoms with Crippen LogP contribution >= 0.6 is 0 Å². The average Bonchev–Trinajstić information content (AvgIpc) is 2.20. The zero-order chi connectivity index (χ0) is 13.6. The lowest BCUT2D eigenvalue weighted by molar-refractivity contribution is -0.142. The summed E-state index contributed by atoms with van der Waals surface area (Å²) >= 11 is 0. The Morgan fingerprint density at radius 1 is 1.18 bits per heavy atom. The summed E-state index contributed by atoms with van der Waals surface area (Å²) in [6.45, 7) is 3.24. The molecule has 0 saturated heterocycles. The van der Waals surface area contributed by atoms with E-state index in [1.165, 1.54) is 0 Å². The van der Waals surface area contributed by atoms with Crippen LogP contribution in [0.5, 0.6) is 0 Å². The summed E-state index contributed by atoms with van der Waals surface area (Å²) in [5.74, 6) is -1.78. The topological polar surface area (TPSA) is 113 Å². The van der Waals surface area contributed by atoms with Gasteiger partial charge in [-0.25, -0.2) is 17.9 Å². The predicted molar refractivity (Wildman–Crippen MR) is 61.9 cm³/mol. The first-order chi connectivity index (χ1) is 7.71. The van der Waals surface area contributed by atoms with Crippen molar-refractivity contribution < 1.29 is 23.1 Å². The zero-order valence-electron chi connectivity index (χ0n) is 10.1. The summed E-state index contributed by atoms with van der Waals surface area (Å²) in [6, 6.07) is -1.95. The van der Waals surface area contributed by atoms with Gasteiger partial charge in [0.05, 0.1) is 6.26 Å². The van der Waals surface area contributed by atoms with Gasteiger partial charge in [-0.2, -0.15) is 0 Å². The first-order valence-electron chi connectivity index (χ1n) is 5.21. The second-order valence-electron chi connectivity index (χ2n) is 3.66. The summed E-state index contributed by atoms with van der Waals surface area (Å²) in [5, 5.41) is 11.0. The van der Waals surface area contributed by atoms with Crippen molar-refractivity contribution >= 4 is 21.9 Å². The molecule has 0 bridgehead atoms. The van der Waals surface area contributed by atoms with Gasteiger partial charge in [-0.1, -0.05) is 13.8 Å². The molecular weight excluding hydrogens is 248 g/mol. The molecule has 0 aromatic carbocycles. The molecule has 0 aliphatic heterocycles. The van der Waals surface area contributed by atoms with Crippen LogP contribution in [0, 0.1) is 0 Å². The van der Waals surface area contributed by atoms with E-state index in [4.69, 9.17) is 5.11 Å². The quantitative estimate of drug-likeness (QED) is 0.563. The molecule has 3 N–H and O–H groups in total. The Labute approximate surface area is 101 Å². The van der Waals surface area contributed by atoms with Gasteiger partial charge < -0.3 is 10.4 Å². The van der Waals surface area contributed by atoms with Gasteiger partial charge in [0.25, 0.3) is 0 Å². The van der Waals surface area contributed by atoms with Crippen molar-refractivity contribution in [3.63, 3.8) is 0 Å². The third-order valence-corrected chi connectivity index (χ3v) is 2.82. The van der Waals surface area contributed by atoms with E-state index in [1.807, 2.05) is 0 Å². The van der Waals surface area contributed by atoms with E-state index in [0.29, 0.717) is 0 Å². The van der Waals surface area contributed by atoms with Gasteiger partial charge >= 0.3 is 5.97 Å². The number of amides is 1. The van der Waals surface area contributed by atoms with E-state index in [0.717, 1.165) is 6.26 Å². The lowest BCUT2D eigenvalue weighted by Gasteiger charge is -2.18. The number of rotatable bonds is 7. The summed E-state index contributed by atoms with van der Waals surface area (Å²) in [7, 11) is -3.50. The SMILES string of the molecule is CC[C@H](NC(=O)[C@H](CC)NS(C)(=O)=O)C(=O)O. The maximum Gasteiger partial charge on any atom is 0.326 e. The minimum Gasteiger partial charge on any atom is -0.480 e. The number of carbonyl (C=O) groups is 2. The van der Waals surface area contributed by atoms with E-state index >= 15 is 0 Å². The Morgan fingerprint density at radius 2 is 1.65 bits per heavy atom. The van der Waals surface area contributed by atoms with E-state index < -0.39 is 34.0 Å². The maximum atomic E-state index is 11.6. The summed E-state index contributed by atoms with van der Waals surface area (Å²) in [6.07, 6.45) is 1.42. The van der Waals surface area contributed by atoms with Crippen LogP contribution in [0.25, 0.3) is 0 Å². The Bertz CT molecular complexity index is 379. The van der Waals surface area contributed by atoms with Gasteiger partial charge in [-0.3, -0.25) is 4.79 Å². The molecule has 0 aromatic rings. The number of hydrogen-bond acceptors (Lipinski definition) is 4. The van der Waals surface area contributed by atoms with Crippen LogP contribution in [0.4, 0.5) is 0 Å². The van der Waals surface area contributed by atoms with E-state index in [-0.39, 0.29) is 12.8 Å². The van der Waals surface area contributed by atoms with E-state index in [1.54, 1.807) is 13.8 Å². The third kappa shape index (κ3) is 6.22. The highest BCUT2D eigenvalue weighted by molar-refractivity contribution is 7.88. The van der Waals surface area contributed by atoms with Gasteiger partial charge in [-0.05, 0) is 12.8 Å². The normalized spacial score (nSPS) is 15.0. The number of nitrogens with one attached hydrogen (secondary N) is 2. The molecule has 0 heterocycles. The predicted octanol–water partition coefficient (Wildman–Crippen LogP) is -0.706. The van der Waals surface area contributed by atoms with E-state index in [9.17, 15) is 18.0 Å². The van der Waals surface area contributed by atoms with Crippen LogP contribution in [-0.4, -0.2) is 43.7 Å². The number of carboxylic acid groups (broad SMARTS) is 1. The summed E-state index contributed by atoms with van der Waals surface area (Å²) < 4.78 is 24.1. The Morgan fingerprint density at radius 3 is 1.94 bits per heavy atom. The van der Waals surface area contributed by atoms with Gasteiger partial charge in [0, 0.05) is 0 Å². The summed E-state index contributed by atoms with van der Waals surface area (Å²) in [5.41, 5.74) is 0. The molecule has 0 saturated carbocycles. The second-order valence-corrected chi connectivity index (χ2v) is 5.44. The number of carbonyl (C=O) groups excluding carboxylic acids is 1. The number of hydrogen-bond donors (Lipinski definition) is 3. The molecule has 0 spiro atoms. The third-order valence-electron chi connectivity index (χ3n) is 2.10. The van der Waals surface area contributed by atoms with Gasteiger partial charge in [-0.15, -0.1) is 0 Å². The molecule has 0 fully saturated rings. The van der Waals surface area contributed by atoms with Crippen molar-refractivity contribution in [2.75, 3.05) is 6.26 Å². The highest BCUT2D eigenvalue weighted by Crippen LogP contribution is 1.97. The van der Waals surface area contributed by atoms with Crippen molar-refractivity contribution in [2.45, 2.75) is 38.8 Å². The molecule has 1 amide bonds. The van der Waals surface area contributed by atoms with Gasteiger partial charge in [0.2, 0.25) is 15.9 Å². The zero-order valence-corrected chi connectivity index (χ0v) is 10.9. The lowest BCUT2D eigenvalue weighted by Crippen LogP contribution is -2.50. The molecule has 0 aliphatic carbocycles. The molecule has 0 unspecified atom stereocenters. The lowest BCUT2D eigenvalue weighted by atomic mass is 10.2. The minimum absolute atomic E-state index is 0.233. The molecule has 7 nitrogen and oxygen atoms in total. The van der Waals surface area contributed by atoms with Crippen LogP contribution in [0.15, 0.2) is 0 Å². The smallest absolute Gasteiger partial charge is 0.326 e. The standard InChI is InChI=1S/C9H18N2O5S/c1-4-6(11-17(3,15)16)8(12)10-7(5-2)9(13)14/h6-7,11H,4-5H2,1-3H3,(H,10,12)(H,13,14)/t6-,7-/m0/s1. The molecule has 8 heteroatoms. The van der Waals surface area contributed by atoms with Gasteiger partial charge in [0.1, 0.15) is 12.1 Å². The fraction of sp³-hybridized carbons (Fsp3) is 0.778. The fourth-order valence-corrected chi connectivity index (χ4v) is 1.98. The van der Waals surface area contributed by atoms with Crippen LogP contribution in [-0.2, 0) is 19.6 Å².